The third-order valence-electron chi connectivity index (χ3n) is 2.97. The standard InChI is InChI=1S/C11H14F3N3O2/c12-11(13,14)10(18)9-7-17(16-15-9)5-1-3-8-4-2-6-19-8/h7-8H,1-6H2. The minimum absolute atomic E-state index is 0.236. The monoisotopic (exact) mass is 277 g/mol. The molecule has 5 nitrogen and oxygen atoms in total. The minimum Gasteiger partial charge on any atom is -0.378 e. The summed E-state index contributed by atoms with van der Waals surface area (Å²) in [6.07, 6.45) is 0.00711. The summed E-state index contributed by atoms with van der Waals surface area (Å²) in [7, 11) is 0. The van der Waals surface area contributed by atoms with Crippen LogP contribution in [0.3, 0.4) is 0 Å². The molecule has 0 aliphatic carbocycles. The molecule has 2 rings (SSSR count). The number of aromatic nitrogens is 3. The lowest BCUT2D eigenvalue weighted by atomic mass is 10.1. The lowest BCUT2D eigenvalue weighted by Gasteiger charge is -2.08. The molecule has 106 valence electrons. The Morgan fingerprint density at radius 1 is 1.53 bits per heavy atom. The van der Waals surface area contributed by atoms with Crippen molar-refractivity contribution in [1.82, 2.24) is 15.0 Å². The third kappa shape index (κ3) is 3.76. The highest BCUT2D eigenvalue weighted by Crippen LogP contribution is 2.20. The van der Waals surface area contributed by atoms with Crippen LogP contribution in [0.25, 0.3) is 0 Å². The predicted molar refractivity (Wildman–Crippen MR) is 58.6 cm³/mol. The van der Waals surface area contributed by atoms with E-state index in [9.17, 15) is 18.0 Å². The molecule has 1 aliphatic rings. The Labute approximate surface area is 107 Å². The van der Waals surface area contributed by atoms with Crippen molar-refractivity contribution in [2.75, 3.05) is 6.61 Å². The number of hydrogen-bond acceptors (Lipinski definition) is 4. The fraction of sp³-hybridized carbons (Fsp3) is 0.727. The average molecular weight is 277 g/mol. The first-order valence-corrected chi connectivity index (χ1v) is 6.10. The van der Waals surface area contributed by atoms with Crippen LogP contribution < -0.4 is 0 Å². The van der Waals surface area contributed by atoms with Crippen molar-refractivity contribution in [3.8, 4) is 0 Å². The van der Waals surface area contributed by atoms with E-state index in [-0.39, 0.29) is 6.10 Å². The molecule has 1 atom stereocenters. The number of Topliss-reactive ketones (excluding diaryl/α,β-unsaturated/α-hetero) is 1. The van der Waals surface area contributed by atoms with Crippen LogP contribution in [-0.4, -0.2) is 39.7 Å². The fourth-order valence-electron chi connectivity index (χ4n) is 2.01. The number of nitrogens with zero attached hydrogens (tertiary/aromatic N) is 3. The van der Waals surface area contributed by atoms with E-state index in [0.29, 0.717) is 6.54 Å². The van der Waals surface area contributed by atoms with E-state index in [2.05, 4.69) is 10.3 Å². The number of carbonyl (C=O) groups excluding carboxylic acids is 1. The second-order valence-electron chi connectivity index (χ2n) is 4.47. The van der Waals surface area contributed by atoms with Crippen LogP contribution in [0.5, 0.6) is 0 Å². The summed E-state index contributed by atoms with van der Waals surface area (Å²) in [6, 6.07) is 0. The smallest absolute Gasteiger partial charge is 0.378 e. The zero-order chi connectivity index (χ0) is 13.9. The van der Waals surface area contributed by atoms with Crippen molar-refractivity contribution < 1.29 is 22.7 Å². The molecule has 0 aromatic carbocycles. The van der Waals surface area contributed by atoms with Gasteiger partial charge >= 0.3 is 6.18 Å². The van der Waals surface area contributed by atoms with Crippen molar-refractivity contribution in [3.63, 3.8) is 0 Å². The highest BCUT2D eigenvalue weighted by Gasteiger charge is 2.41. The van der Waals surface area contributed by atoms with Gasteiger partial charge in [0.05, 0.1) is 12.3 Å². The molecule has 1 aliphatic heterocycles. The minimum atomic E-state index is -4.90. The number of alkyl halides is 3. The van der Waals surface area contributed by atoms with Gasteiger partial charge in [0.25, 0.3) is 5.78 Å². The number of ether oxygens (including phenoxy) is 1. The van der Waals surface area contributed by atoms with Crippen molar-refractivity contribution in [1.29, 1.82) is 0 Å². The molecule has 1 aromatic heterocycles. The van der Waals surface area contributed by atoms with Gasteiger partial charge in [0, 0.05) is 13.2 Å². The van der Waals surface area contributed by atoms with Crippen LogP contribution in [0.15, 0.2) is 6.20 Å². The molecular weight excluding hydrogens is 263 g/mol. The first-order chi connectivity index (χ1) is 8.97. The predicted octanol–water partition coefficient (Wildman–Crippen LogP) is 1.98. The van der Waals surface area contributed by atoms with Crippen LogP contribution in [0.2, 0.25) is 0 Å². The molecule has 2 heterocycles. The molecule has 1 fully saturated rings. The van der Waals surface area contributed by atoms with Crippen LogP contribution in [0.4, 0.5) is 13.2 Å². The van der Waals surface area contributed by atoms with Crippen molar-refractivity contribution in [2.24, 2.45) is 0 Å². The van der Waals surface area contributed by atoms with Gasteiger partial charge in [-0.25, -0.2) is 0 Å². The maximum absolute atomic E-state index is 12.2. The highest BCUT2D eigenvalue weighted by atomic mass is 19.4. The summed E-state index contributed by atoms with van der Waals surface area (Å²) in [5.74, 6) is -1.96. The second kappa shape index (κ2) is 5.68. The van der Waals surface area contributed by atoms with Gasteiger partial charge in [-0.15, -0.1) is 5.10 Å². The Morgan fingerprint density at radius 3 is 2.95 bits per heavy atom. The molecule has 0 bridgehead atoms. The number of aryl methyl sites for hydroxylation is 1. The summed E-state index contributed by atoms with van der Waals surface area (Å²) >= 11 is 0. The van der Waals surface area contributed by atoms with E-state index < -0.39 is 17.7 Å². The summed E-state index contributed by atoms with van der Waals surface area (Å²) in [6.45, 7) is 1.20. The average Bonchev–Trinajstić information content (AvgIpc) is 2.97. The van der Waals surface area contributed by atoms with Crippen LogP contribution in [0.1, 0.15) is 36.2 Å². The topological polar surface area (TPSA) is 57.0 Å². The van der Waals surface area contributed by atoms with E-state index in [1.807, 2.05) is 0 Å². The molecule has 0 saturated carbocycles. The van der Waals surface area contributed by atoms with E-state index in [1.165, 1.54) is 4.68 Å². The maximum Gasteiger partial charge on any atom is 0.456 e. The van der Waals surface area contributed by atoms with Crippen molar-refractivity contribution >= 4 is 5.78 Å². The number of ketones is 1. The molecule has 0 N–H and O–H groups in total. The molecular formula is C11H14F3N3O2. The zero-order valence-electron chi connectivity index (χ0n) is 10.2. The van der Waals surface area contributed by atoms with Gasteiger partial charge in [0.15, 0.2) is 5.69 Å². The number of carbonyl (C=O) groups is 1. The van der Waals surface area contributed by atoms with Crippen LogP contribution >= 0.6 is 0 Å². The van der Waals surface area contributed by atoms with Gasteiger partial charge in [-0.3, -0.25) is 9.48 Å². The van der Waals surface area contributed by atoms with Gasteiger partial charge in [0.1, 0.15) is 0 Å². The number of halogens is 3. The lowest BCUT2D eigenvalue weighted by Crippen LogP contribution is -2.23. The summed E-state index contributed by atoms with van der Waals surface area (Å²) in [5.41, 5.74) is -0.662. The molecule has 0 spiro atoms. The lowest BCUT2D eigenvalue weighted by molar-refractivity contribution is -0.0888. The Kier molecular flexibility index (Phi) is 4.18. The SMILES string of the molecule is O=C(c1cn(CCCC2CCCO2)nn1)C(F)(F)F. The summed E-state index contributed by atoms with van der Waals surface area (Å²) in [5, 5.41) is 6.77. The van der Waals surface area contributed by atoms with Gasteiger partial charge < -0.3 is 4.74 Å². The molecule has 0 radical (unpaired) electrons. The van der Waals surface area contributed by atoms with Gasteiger partial charge in [-0.1, -0.05) is 5.21 Å². The zero-order valence-corrected chi connectivity index (χ0v) is 10.2. The molecule has 1 saturated heterocycles. The summed E-state index contributed by atoms with van der Waals surface area (Å²) in [4.78, 5) is 10.9. The number of rotatable bonds is 5. The van der Waals surface area contributed by atoms with E-state index in [0.717, 1.165) is 38.5 Å². The largest absolute Gasteiger partial charge is 0.456 e. The Morgan fingerprint density at radius 2 is 2.32 bits per heavy atom. The highest BCUT2D eigenvalue weighted by molar-refractivity contribution is 5.98. The molecule has 19 heavy (non-hydrogen) atoms. The normalized spacial score (nSPS) is 19.8. The van der Waals surface area contributed by atoms with Gasteiger partial charge in [0.2, 0.25) is 0 Å². The van der Waals surface area contributed by atoms with E-state index in [4.69, 9.17) is 4.74 Å². The Balaban J connectivity index is 1.82. The van der Waals surface area contributed by atoms with Gasteiger partial charge in [-0.2, -0.15) is 13.2 Å². The fourth-order valence-corrected chi connectivity index (χ4v) is 2.01. The molecule has 1 unspecified atom stereocenters. The quantitative estimate of drug-likeness (QED) is 0.772. The Hall–Kier alpha value is -1.44. The van der Waals surface area contributed by atoms with E-state index in [1.54, 1.807) is 0 Å². The molecule has 1 aromatic rings. The molecule has 8 heteroatoms. The summed E-state index contributed by atoms with van der Waals surface area (Å²) < 4.78 is 43.2. The van der Waals surface area contributed by atoms with Crippen molar-refractivity contribution in [3.05, 3.63) is 11.9 Å². The second-order valence-corrected chi connectivity index (χ2v) is 4.47. The van der Waals surface area contributed by atoms with Crippen LogP contribution in [-0.2, 0) is 11.3 Å². The Bertz CT molecular complexity index is 439. The van der Waals surface area contributed by atoms with Gasteiger partial charge in [-0.05, 0) is 25.7 Å². The first-order valence-electron chi connectivity index (χ1n) is 6.10. The number of hydrogen-bond donors (Lipinski definition) is 0. The van der Waals surface area contributed by atoms with E-state index >= 15 is 0 Å². The molecule has 0 amide bonds. The third-order valence-corrected chi connectivity index (χ3v) is 2.97. The maximum atomic E-state index is 12.2. The van der Waals surface area contributed by atoms with Crippen molar-refractivity contribution in [2.45, 2.75) is 44.5 Å². The van der Waals surface area contributed by atoms with Crippen LogP contribution in [0, 0.1) is 0 Å². The first kappa shape index (κ1) is 14.0.